The van der Waals surface area contributed by atoms with Crippen LogP contribution < -0.4 is 0 Å². The summed E-state index contributed by atoms with van der Waals surface area (Å²) in [4.78, 5) is 16.3. The highest BCUT2D eigenvalue weighted by Gasteiger charge is 2.15. The Kier molecular flexibility index (Phi) is 3.55. The maximum atomic E-state index is 13.2. The summed E-state index contributed by atoms with van der Waals surface area (Å²) in [6, 6.07) is 9.65. The summed E-state index contributed by atoms with van der Waals surface area (Å²) in [5, 5.41) is 6.66. The third-order valence-electron chi connectivity index (χ3n) is 3.16. The Morgan fingerprint density at radius 2 is 2.00 bits per heavy atom. The number of ketones is 1. The second kappa shape index (κ2) is 5.66. The number of rotatable bonds is 4. The molecule has 21 heavy (non-hydrogen) atoms. The van der Waals surface area contributed by atoms with Crippen molar-refractivity contribution in [3.63, 3.8) is 0 Å². The van der Waals surface area contributed by atoms with Crippen molar-refractivity contribution < 1.29 is 9.18 Å². The van der Waals surface area contributed by atoms with Crippen LogP contribution in [-0.2, 0) is 6.42 Å². The van der Waals surface area contributed by atoms with Crippen molar-refractivity contribution in [2.24, 2.45) is 0 Å². The molecule has 0 amide bonds. The first kappa shape index (κ1) is 13.2. The van der Waals surface area contributed by atoms with Crippen molar-refractivity contribution >= 4 is 5.78 Å². The number of benzene rings is 1. The monoisotopic (exact) mass is 281 g/mol. The smallest absolute Gasteiger partial charge is 0.185 e. The number of H-pyrrole nitrogens is 1. The summed E-state index contributed by atoms with van der Waals surface area (Å²) >= 11 is 0. The molecule has 2 aromatic heterocycles. The molecule has 0 spiro atoms. The molecule has 0 saturated heterocycles. The molecule has 0 saturated carbocycles. The van der Waals surface area contributed by atoms with Gasteiger partial charge in [0, 0.05) is 24.4 Å². The van der Waals surface area contributed by atoms with Crippen LogP contribution in [0.2, 0.25) is 0 Å². The summed E-state index contributed by atoms with van der Waals surface area (Å²) in [6.45, 7) is 0. The molecule has 0 radical (unpaired) electrons. The van der Waals surface area contributed by atoms with E-state index in [2.05, 4.69) is 15.2 Å². The zero-order valence-corrected chi connectivity index (χ0v) is 11.1. The maximum Gasteiger partial charge on any atom is 0.185 e. The second-order valence-corrected chi connectivity index (χ2v) is 4.62. The summed E-state index contributed by atoms with van der Waals surface area (Å²) < 4.78 is 13.2. The third-order valence-corrected chi connectivity index (χ3v) is 3.16. The lowest BCUT2D eigenvalue weighted by Crippen LogP contribution is -2.06. The van der Waals surface area contributed by atoms with Crippen molar-refractivity contribution in [1.82, 2.24) is 15.2 Å². The Balaban J connectivity index is 1.88. The first-order valence-electron chi connectivity index (χ1n) is 6.45. The lowest BCUT2D eigenvalue weighted by atomic mass is 10.0. The van der Waals surface area contributed by atoms with Crippen LogP contribution >= 0.6 is 0 Å². The average molecular weight is 281 g/mol. The normalized spacial score (nSPS) is 10.5. The number of hydrogen-bond acceptors (Lipinski definition) is 3. The van der Waals surface area contributed by atoms with E-state index < -0.39 is 0 Å². The largest absolute Gasteiger partial charge is 0.292 e. The highest BCUT2D eigenvalue weighted by molar-refractivity contribution is 6.01. The molecule has 1 N–H and O–H groups in total. The molecule has 0 unspecified atom stereocenters. The highest BCUT2D eigenvalue weighted by atomic mass is 19.1. The molecule has 2 heterocycles. The van der Waals surface area contributed by atoms with Crippen molar-refractivity contribution in [3.8, 4) is 11.1 Å². The Labute approximate surface area is 120 Å². The van der Waals surface area contributed by atoms with Crippen LogP contribution in [0.1, 0.15) is 16.1 Å². The molecule has 0 bridgehead atoms. The molecular formula is C16H12FN3O. The zero-order chi connectivity index (χ0) is 14.7. The quantitative estimate of drug-likeness (QED) is 0.748. The van der Waals surface area contributed by atoms with Gasteiger partial charge in [-0.05, 0) is 35.4 Å². The van der Waals surface area contributed by atoms with Gasteiger partial charge in [0.1, 0.15) is 11.5 Å². The van der Waals surface area contributed by atoms with Crippen LogP contribution in [-0.4, -0.2) is 21.0 Å². The molecule has 5 heteroatoms. The SMILES string of the molecule is O=C(Cc1cccc(F)c1)c1[nH]ncc1-c1ccncc1. The van der Waals surface area contributed by atoms with E-state index in [4.69, 9.17) is 0 Å². The number of aromatic nitrogens is 3. The Morgan fingerprint density at radius 3 is 2.76 bits per heavy atom. The van der Waals surface area contributed by atoms with E-state index in [1.54, 1.807) is 30.7 Å². The fourth-order valence-electron chi connectivity index (χ4n) is 2.17. The van der Waals surface area contributed by atoms with Gasteiger partial charge in [0.15, 0.2) is 5.78 Å². The van der Waals surface area contributed by atoms with Gasteiger partial charge in [0.25, 0.3) is 0 Å². The molecule has 4 nitrogen and oxygen atoms in total. The van der Waals surface area contributed by atoms with Crippen molar-refractivity contribution in [1.29, 1.82) is 0 Å². The van der Waals surface area contributed by atoms with Gasteiger partial charge < -0.3 is 0 Å². The first-order valence-corrected chi connectivity index (χ1v) is 6.45. The van der Waals surface area contributed by atoms with E-state index in [9.17, 15) is 9.18 Å². The Bertz CT molecular complexity index is 768. The molecule has 0 aliphatic rings. The number of carbonyl (C=O) groups excluding carboxylic acids is 1. The Morgan fingerprint density at radius 1 is 1.19 bits per heavy atom. The minimum Gasteiger partial charge on any atom is -0.292 e. The summed E-state index contributed by atoms with van der Waals surface area (Å²) in [5.74, 6) is -0.482. The van der Waals surface area contributed by atoms with Gasteiger partial charge in [-0.1, -0.05) is 12.1 Å². The molecule has 0 aliphatic carbocycles. The van der Waals surface area contributed by atoms with Crippen molar-refractivity contribution in [2.75, 3.05) is 0 Å². The van der Waals surface area contributed by atoms with Crippen LogP contribution in [0.3, 0.4) is 0 Å². The van der Waals surface area contributed by atoms with Crippen molar-refractivity contribution in [3.05, 3.63) is 72.1 Å². The topological polar surface area (TPSA) is 58.6 Å². The fraction of sp³-hybridized carbons (Fsp3) is 0.0625. The first-order chi connectivity index (χ1) is 10.2. The predicted molar refractivity (Wildman–Crippen MR) is 76.3 cm³/mol. The maximum absolute atomic E-state index is 13.2. The van der Waals surface area contributed by atoms with Crippen LogP contribution in [0, 0.1) is 5.82 Å². The number of pyridine rings is 1. The van der Waals surface area contributed by atoms with Crippen molar-refractivity contribution in [2.45, 2.75) is 6.42 Å². The average Bonchev–Trinajstić information content (AvgIpc) is 2.98. The van der Waals surface area contributed by atoms with Gasteiger partial charge in [0.05, 0.1) is 6.20 Å². The molecule has 104 valence electrons. The molecule has 1 aromatic carbocycles. The molecule has 0 atom stereocenters. The lowest BCUT2D eigenvalue weighted by Gasteiger charge is -2.03. The molecule has 3 aromatic rings. The van der Waals surface area contributed by atoms with Crippen LogP contribution in [0.4, 0.5) is 4.39 Å². The molecule has 3 rings (SSSR count). The Hall–Kier alpha value is -2.82. The lowest BCUT2D eigenvalue weighted by molar-refractivity contribution is 0.0989. The van der Waals surface area contributed by atoms with E-state index >= 15 is 0 Å². The van der Waals surface area contributed by atoms with E-state index in [1.807, 2.05) is 12.1 Å². The molecule has 0 aliphatic heterocycles. The van der Waals surface area contributed by atoms with Crippen LogP contribution in [0.5, 0.6) is 0 Å². The van der Waals surface area contributed by atoms with E-state index in [0.717, 1.165) is 11.1 Å². The fourth-order valence-corrected chi connectivity index (χ4v) is 2.17. The minimum absolute atomic E-state index is 0.123. The van der Waals surface area contributed by atoms with Gasteiger partial charge in [-0.3, -0.25) is 14.9 Å². The third kappa shape index (κ3) is 2.86. The number of carbonyl (C=O) groups is 1. The number of nitrogens with one attached hydrogen (secondary N) is 1. The summed E-state index contributed by atoms with van der Waals surface area (Å²) in [5.41, 5.74) is 2.64. The molecule has 0 fully saturated rings. The minimum atomic E-state index is -0.348. The van der Waals surface area contributed by atoms with Crippen LogP contribution in [0.25, 0.3) is 11.1 Å². The van der Waals surface area contributed by atoms with Gasteiger partial charge >= 0.3 is 0 Å². The zero-order valence-electron chi connectivity index (χ0n) is 11.1. The van der Waals surface area contributed by atoms with Gasteiger partial charge in [0.2, 0.25) is 0 Å². The van der Waals surface area contributed by atoms with E-state index in [0.29, 0.717) is 11.3 Å². The molecular weight excluding hydrogens is 269 g/mol. The second-order valence-electron chi connectivity index (χ2n) is 4.62. The van der Waals surface area contributed by atoms with Gasteiger partial charge in [-0.15, -0.1) is 0 Å². The highest BCUT2D eigenvalue weighted by Crippen LogP contribution is 2.22. The van der Waals surface area contributed by atoms with Gasteiger partial charge in [-0.25, -0.2) is 4.39 Å². The summed E-state index contributed by atoms with van der Waals surface area (Å²) in [6.07, 6.45) is 5.04. The van der Waals surface area contributed by atoms with E-state index in [1.165, 1.54) is 12.1 Å². The van der Waals surface area contributed by atoms with E-state index in [-0.39, 0.29) is 18.0 Å². The standard InChI is InChI=1S/C16H12FN3O/c17-13-3-1-2-11(8-13)9-15(21)16-14(10-19-20-16)12-4-6-18-7-5-12/h1-8,10H,9H2,(H,19,20). The number of aromatic amines is 1. The van der Waals surface area contributed by atoms with Crippen LogP contribution in [0.15, 0.2) is 55.0 Å². The number of nitrogens with zero attached hydrogens (tertiary/aromatic N) is 2. The summed E-state index contributed by atoms with van der Waals surface area (Å²) in [7, 11) is 0. The predicted octanol–water partition coefficient (Wildman–Crippen LogP) is 3.04. The van der Waals surface area contributed by atoms with Gasteiger partial charge in [-0.2, -0.15) is 5.10 Å². The number of halogens is 1. The number of hydrogen-bond donors (Lipinski definition) is 1. The number of Topliss-reactive ketones (excluding diaryl/α,β-unsaturated/α-hetero) is 1.